The maximum atomic E-state index is 12.1. The Balaban J connectivity index is 1.51. The number of pyridine rings is 1. The summed E-state index contributed by atoms with van der Waals surface area (Å²) in [5.41, 5.74) is 2.77. The molecule has 0 bridgehead atoms. The molecule has 0 saturated heterocycles. The molecule has 0 spiro atoms. The zero-order valence-corrected chi connectivity index (χ0v) is 14.5. The van der Waals surface area contributed by atoms with Crippen molar-refractivity contribution < 1.29 is 4.79 Å². The van der Waals surface area contributed by atoms with E-state index >= 15 is 0 Å². The Hall–Kier alpha value is -2.24. The van der Waals surface area contributed by atoms with Gasteiger partial charge in [0.25, 0.3) is 0 Å². The first kappa shape index (κ1) is 16.6. The monoisotopic (exact) mass is 357 g/mol. The molecule has 6 heteroatoms. The molecule has 3 aromatic rings. The van der Waals surface area contributed by atoms with Crippen LogP contribution in [0.2, 0.25) is 5.02 Å². The number of amides is 1. The molecular weight excluding hydrogens is 342 g/mol. The van der Waals surface area contributed by atoms with Crippen LogP contribution < -0.4 is 5.32 Å². The van der Waals surface area contributed by atoms with E-state index in [1.807, 2.05) is 17.5 Å². The van der Waals surface area contributed by atoms with Gasteiger partial charge in [-0.3, -0.25) is 9.78 Å². The average molecular weight is 358 g/mol. The maximum Gasteiger partial charge on any atom is 0.230 e. The predicted molar refractivity (Wildman–Crippen MR) is 97.5 cm³/mol. The highest BCUT2D eigenvalue weighted by molar-refractivity contribution is 7.09. The summed E-state index contributed by atoms with van der Waals surface area (Å²) in [7, 11) is 0. The number of carbonyl (C=O) groups is 1. The Morgan fingerprint density at radius 1 is 1.08 bits per heavy atom. The third kappa shape index (κ3) is 4.88. The highest BCUT2D eigenvalue weighted by Gasteiger charge is 2.08. The standard InChI is InChI=1S/C18H16ClN3OS/c19-14-2-4-15(5-3-14)21-17(23)11-16-12-24-18(22-16)6-1-13-7-9-20-10-8-13/h2-5,7-10,12H,1,6,11H2,(H,21,23). The molecule has 2 aromatic heterocycles. The highest BCUT2D eigenvalue weighted by atomic mass is 35.5. The fraction of sp³-hybridized carbons (Fsp3) is 0.167. The summed E-state index contributed by atoms with van der Waals surface area (Å²) in [5.74, 6) is -0.0803. The minimum absolute atomic E-state index is 0.0803. The Morgan fingerprint density at radius 3 is 2.58 bits per heavy atom. The predicted octanol–water partition coefficient (Wildman–Crippen LogP) is 4.16. The SMILES string of the molecule is O=C(Cc1csc(CCc2ccncc2)n1)Nc1ccc(Cl)cc1. The van der Waals surface area contributed by atoms with Gasteiger partial charge in [-0.15, -0.1) is 11.3 Å². The van der Waals surface area contributed by atoms with Crippen LogP contribution in [0.15, 0.2) is 54.2 Å². The number of nitrogens with zero attached hydrogens (tertiary/aromatic N) is 2. The molecule has 24 heavy (non-hydrogen) atoms. The van der Waals surface area contributed by atoms with Crippen molar-refractivity contribution in [2.24, 2.45) is 0 Å². The molecule has 0 aliphatic rings. The lowest BCUT2D eigenvalue weighted by molar-refractivity contribution is -0.115. The summed E-state index contributed by atoms with van der Waals surface area (Å²) in [6, 6.07) is 11.1. The number of aryl methyl sites for hydroxylation is 2. The highest BCUT2D eigenvalue weighted by Crippen LogP contribution is 2.16. The van der Waals surface area contributed by atoms with E-state index in [1.54, 1.807) is 48.0 Å². The van der Waals surface area contributed by atoms with Crippen LogP contribution in [0.25, 0.3) is 0 Å². The van der Waals surface area contributed by atoms with Crippen molar-refractivity contribution in [3.05, 3.63) is 75.5 Å². The van der Waals surface area contributed by atoms with E-state index in [0.717, 1.165) is 29.2 Å². The molecule has 1 aromatic carbocycles. The topological polar surface area (TPSA) is 54.9 Å². The molecule has 0 atom stereocenters. The van der Waals surface area contributed by atoms with E-state index in [-0.39, 0.29) is 12.3 Å². The Bertz CT molecular complexity index is 803. The van der Waals surface area contributed by atoms with Crippen LogP contribution in [0, 0.1) is 0 Å². The van der Waals surface area contributed by atoms with Gasteiger partial charge in [-0.05, 0) is 48.4 Å². The lowest BCUT2D eigenvalue weighted by atomic mass is 10.1. The molecule has 0 radical (unpaired) electrons. The number of anilines is 1. The van der Waals surface area contributed by atoms with Crippen LogP contribution in [-0.2, 0) is 24.1 Å². The van der Waals surface area contributed by atoms with Crippen molar-refractivity contribution in [2.75, 3.05) is 5.32 Å². The molecule has 0 fully saturated rings. The molecule has 122 valence electrons. The normalized spacial score (nSPS) is 10.5. The minimum Gasteiger partial charge on any atom is -0.326 e. The zero-order chi connectivity index (χ0) is 16.8. The van der Waals surface area contributed by atoms with E-state index in [0.29, 0.717) is 5.02 Å². The molecule has 4 nitrogen and oxygen atoms in total. The molecule has 0 aliphatic heterocycles. The van der Waals surface area contributed by atoms with Crippen LogP contribution in [0.5, 0.6) is 0 Å². The van der Waals surface area contributed by atoms with Crippen molar-refractivity contribution in [1.29, 1.82) is 0 Å². The van der Waals surface area contributed by atoms with Gasteiger partial charge in [0.1, 0.15) is 0 Å². The lowest BCUT2D eigenvalue weighted by Crippen LogP contribution is -2.14. The van der Waals surface area contributed by atoms with Crippen LogP contribution in [0.4, 0.5) is 5.69 Å². The van der Waals surface area contributed by atoms with E-state index in [4.69, 9.17) is 11.6 Å². The molecule has 1 N–H and O–H groups in total. The fourth-order valence-corrected chi connectivity index (χ4v) is 3.17. The number of halogens is 1. The summed E-state index contributed by atoms with van der Waals surface area (Å²) in [6.07, 6.45) is 5.65. The first-order valence-corrected chi connectivity index (χ1v) is 8.82. The van der Waals surface area contributed by atoms with Crippen LogP contribution in [0.3, 0.4) is 0 Å². The van der Waals surface area contributed by atoms with Crippen LogP contribution in [0.1, 0.15) is 16.3 Å². The van der Waals surface area contributed by atoms with Crippen molar-refractivity contribution in [3.8, 4) is 0 Å². The Kier molecular flexibility index (Phi) is 5.56. The minimum atomic E-state index is -0.0803. The van der Waals surface area contributed by atoms with Gasteiger partial charge in [0, 0.05) is 34.9 Å². The summed E-state index contributed by atoms with van der Waals surface area (Å²) < 4.78 is 0. The number of hydrogen-bond donors (Lipinski definition) is 1. The van der Waals surface area contributed by atoms with Gasteiger partial charge in [0.15, 0.2) is 0 Å². The maximum absolute atomic E-state index is 12.1. The van der Waals surface area contributed by atoms with Crippen molar-refractivity contribution in [3.63, 3.8) is 0 Å². The van der Waals surface area contributed by atoms with Gasteiger partial charge in [-0.25, -0.2) is 4.98 Å². The second-order valence-electron chi connectivity index (χ2n) is 5.32. The van der Waals surface area contributed by atoms with Gasteiger partial charge < -0.3 is 5.32 Å². The van der Waals surface area contributed by atoms with E-state index in [2.05, 4.69) is 15.3 Å². The van der Waals surface area contributed by atoms with Crippen LogP contribution in [-0.4, -0.2) is 15.9 Å². The van der Waals surface area contributed by atoms with Crippen molar-refractivity contribution in [1.82, 2.24) is 9.97 Å². The fourth-order valence-electron chi connectivity index (χ4n) is 2.25. The van der Waals surface area contributed by atoms with Gasteiger partial charge in [0.2, 0.25) is 5.91 Å². The quantitative estimate of drug-likeness (QED) is 0.720. The van der Waals surface area contributed by atoms with Gasteiger partial charge in [0.05, 0.1) is 17.1 Å². The molecule has 2 heterocycles. The van der Waals surface area contributed by atoms with E-state index in [9.17, 15) is 4.79 Å². The summed E-state index contributed by atoms with van der Waals surface area (Å²) in [6.45, 7) is 0. The van der Waals surface area contributed by atoms with Crippen LogP contribution >= 0.6 is 22.9 Å². The average Bonchev–Trinajstić information content (AvgIpc) is 3.03. The second-order valence-corrected chi connectivity index (χ2v) is 6.70. The van der Waals surface area contributed by atoms with E-state index in [1.165, 1.54) is 5.56 Å². The molecule has 3 rings (SSSR count). The second kappa shape index (κ2) is 8.04. The third-order valence-corrected chi connectivity index (χ3v) is 4.66. The number of aromatic nitrogens is 2. The molecule has 0 aliphatic carbocycles. The number of nitrogens with one attached hydrogen (secondary N) is 1. The largest absolute Gasteiger partial charge is 0.326 e. The van der Waals surface area contributed by atoms with Crippen molar-refractivity contribution in [2.45, 2.75) is 19.3 Å². The number of hydrogen-bond acceptors (Lipinski definition) is 4. The zero-order valence-electron chi connectivity index (χ0n) is 12.9. The number of carbonyl (C=O) groups excluding carboxylic acids is 1. The van der Waals surface area contributed by atoms with Crippen molar-refractivity contribution >= 4 is 34.5 Å². The smallest absolute Gasteiger partial charge is 0.230 e. The number of rotatable bonds is 6. The molecule has 0 unspecified atom stereocenters. The summed E-state index contributed by atoms with van der Waals surface area (Å²) in [5, 5.41) is 6.48. The van der Waals surface area contributed by atoms with Gasteiger partial charge >= 0.3 is 0 Å². The summed E-state index contributed by atoms with van der Waals surface area (Å²) >= 11 is 7.42. The Labute approximate surface area is 149 Å². The molecular formula is C18H16ClN3OS. The molecule has 1 amide bonds. The first-order chi connectivity index (χ1) is 11.7. The lowest BCUT2D eigenvalue weighted by Gasteiger charge is -2.03. The van der Waals surface area contributed by atoms with Gasteiger partial charge in [-0.1, -0.05) is 11.6 Å². The Morgan fingerprint density at radius 2 is 1.83 bits per heavy atom. The third-order valence-electron chi connectivity index (χ3n) is 3.45. The molecule has 0 saturated carbocycles. The van der Waals surface area contributed by atoms with Gasteiger partial charge in [-0.2, -0.15) is 0 Å². The number of benzene rings is 1. The summed E-state index contributed by atoms with van der Waals surface area (Å²) in [4.78, 5) is 20.6. The number of thiazole rings is 1. The van der Waals surface area contributed by atoms with E-state index < -0.39 is 0 Å². The first-order valence-electron chi connectivity index (χ1n) is 7.56.